The zero-order chi connectivity index (χ0) is 48.5. The summed E-state index contributed by atoms with van der Waals surface area (Å²) < 4.78 is 15.9. The molecule has 3 aliphatic rings. The second-order valence-corrected chi connectivity index (χ2v) is 21.1. The number of rotatable bonds is 5. The highest BCUT2D eigenvalue weighted by molar-refractivity contribution is 7.25. The molecule has 4 nitrogen and oxygen atoms in total. The van der Waals surface area contributed by atoms with E-state index in [4.69, 9.17) is 9.15 Å². The van der Waals surface area contributed by atoms with Gasteiger partial charge in [0.1, 0.15) is 28.8 Å². The smallest absolute Gasteiger partial charge is 0.136 e. The zero-order valence-corrected chi connectivity index (χ0v) is 40.8. The van der Waals surface area contributed by atoms with Gasteiger partial charge in [0, 0.05) is 47.8 Å². The fraction of sp³-hybridized carbons (Fsp3) is 0.0435. The number of fused-ring (bicyclic) bond motifs is 16. The predicted molar refractivity (Wildman–Crippen MR) is 305 cm³/mol. The summed E-state index contributed by atoms with van der Waals surface area (Å²) in [5, 5.41) is 13.1. The van der Waals surface area contributed by atoms with Gasteiger partial charge < -0.3 is 14.5 Å². The average Bonchev–Trinajstić information content (AvgIpc) is 4.13. The molecule has 2 unspecified atom stereocenters. The lowest BCUT2D eigenvalue weighted by Crippen LogP contribution is -2.37. The molecule has 16 rings (SSSR count). The highest BCUT2D eigenvalue weighted by atomic mass is 32.1. The van der Waals surface area contributed by atoms with Gasteiger partial charge >= 0.3 is 0 Å². The summed E-state index contributed by atoms with van der Waals surface area (Å²) in [6.45, 7) is 0. The second-order valence-electron chi connectivity index (χ2n) is 20.0. The van der Waals surface area contributed by atoms with E-state index in [9.17, 15) is 0 Å². The van der Waals surface area contributed by atoms with Crippen molar-refractivity contribution in [3.8, 4) is 56.0 Å². The highest BCUT2D eigenvalue weighted by Gasteiger charge is 2.52. The number of thiophene rings is 1. The van der Waals surface area contributed by atoms with Gasteiger partial charge in [-0.25, -0.2) is 0 Å². The Kier molecular flexibility index (Phi) is 8.99. The molecule has 0 fully saturated rings. The van der Waals surface area contributed by atoms with Crippen LogP contribution in [0.15, 0.2) is 247 Å². The van der Waals surface area contributed by atoms with Gasteiger partial charge in [-0.2, -0.15) is 0 Å². The molecular formula is C69H44N2O2S. The van der Waals surface area contributed by atoms with Crippen LogP contribution in [0.25, 0.3) is 86.6 Å². The maximum Gasteiger partial charge on any atom is 0.136 e. The Morgan fingerprint density at radius 2 is 1.05 bits per heavy atom. The van der Waals surface area contributed by atoms with E-state index in [1.54, 1.807) is 0 Å². The summed E-state index contributed by atoms with van der Waals surface area (Å²) >= 11 is 1.86. The van der Waals surface area contributed by atoms with Crippen molar-refractivity contribution in [3.63, 3.8) is 0 Å². The largest absolute Gasteiger partial charge is 0.457 e. The molecule has 4 heterocycles. The highest BCUT2D eigenvalue weighted by Crippen LogP contribution is 2.63. The molecule has 13 aromatic rings. The van der Waals surface area contributed by atoms with Gasteiger partial charge in [0.25, 0.3) is 0 Å². The van der Waals surface area contributed by atoms with Gasteiger partial charge in [-0.15, -0.1) is 11.3 Å². The van der Waals surface area contributed by atoms with Crippen LogP contribution in [-0.4, -0.2) is 0 Å². The van der Waals surface area contributed by atoms with Crippen molar-refractivity contribution in [1.82, 2.24) is 5.32 Å². The molecule has 5 heteroatoms. The minimum absolute atomic E-state index is 0.159. The number of furan rings is 1. The summed E-state index contributed by atoms with van der Waals surface area (Å²) in [5.41, 5.74) is 20.1. The lowest BCUT2D eigenvalue weighted by atomic mass is 9.66. The Morgan fingerprint density at radius 3 is 1.89 bits per heavy atom. The van der Waals surface area contributed by atoms with Gasteiger partial charge in [-0.05, 0) is 139 Å². The van der Waals surface area contributed by atoms with E-state index in [-0.39, 0.29) is 12.2 Å². The summed E-state index contributed by atoms with van der Waals surface area (Å²) in [5.74, 6) is 1.76. The van der Waals surface area contributed by atoms with E-state index in [1.165, 1.54) is 75.8 Å². The zero-order valence-electron chi connectivity index (χ0n) is 40.0. The van der Waals surface area contributed by atoms with Crippen LogP contribution in [0.4, 0.5) is 5.69 Å². The standard InChI is InChI=1S/C69H44N2O2S/c1-2-15-41(16-3-1)48-20-14-23-57-66(48)53-34-31-44(38-58(53)69(57)55-21-7-11-26-61(55)73-62-27-12-8-22-56(62)69)68-70-59-24-9-4-19-54(59)67(71-68)47-36-45(42-29-32-50-49-17-5-10-25-60(49)72-63(50)39-42)35-46(37-47)43-30-33-52-51-18-6-13-28-64(51)74-65(52)40-43/h1-40,67-68,70-71H. The first-order valence-electron chi connectivity index (χ1n) is 25.4. The first-order chi connectivity index (χ1) is 36.6. The fourth-order valence-corrected chi connectivity index (χ4v) is 13.9. The minimum atomic E-state index is -0.636. The van der Waals surface area contributed by atoms with Crippen LogP contribution in [0.2, 0.25) is 0 Å². The predicted octanol–water partition coefficient (Wildman–Crippen LogP) is 18.2. The third-order valence-corrected chi connectivity index (χ3v) is 17.2. The first-order valence-corrected chi connectivity index (χ1v) is 26.3. The molecule has 2 aromatic heterocycles. The number of anilines is 1. The van der Waals surface area contributed by atoms with Gasteiger partial charge in [-0.3, -0.25) is 5.32 Å². The van der Waals surface area contributed by atoms with Gasteiger partial charge in [-0.1, -0.05) is 176 Å². The molecule has 1 aliphatic carbocycles. The quantitative estimate of drug-likeness (QED) is 0.180. The molecule has 348 valence electrons. The molecule has 0 radical (unpaired) electrons. The molecule has 0 amide bonds. The number of para-hydroxylation sites is 4. The van der Waals surface area contributed by atoms with E-state index < -0.39 is 5.41 Å². The van der Waals surface area contributed by atoms with Gasteiger partial charge in [0.05, 0.1) is 11.5 Å². The fourth-order valence-electron chi connectivity index (χ4n) is 12.8. The number of ether oxygens (including phenoxy) is 1. The van der Waals surface area contributed by atoms with Gasteiger partial charge in [0.15, 0.2) is 0 Å². The Balaban J connectivity index is 0.880. The normalized spacial score (nSPS) is 15.8. The van der Waals surface area contributed by atoms with Crippen molar-refractivity contribution < 1.29 is 9.15 Å². The molecule has 2 aliphatic heterocycles. The Hall–Kier alpha value is -9.00. The van der Waals surface area contributed by atoms with Crippen LogP contribution in [0.3, 0.4) is 0 Å². The van der Waals surface area contributed by atoms with Crippen LogP contribution >= 0.6 is 11.3 Å². The number of hydrogen-bond acceptors (Lipinski definition) is 5. The molecule has 0 saturated carbocycles. The van der Waals surface area contributed by atoms with Crippen LogP contribution in [0.5, 0.6) is 11.5 Å². The van der Waals surface area contributed by atoms with Crippen molar-refractivity contribution in [1.29, 1.82) is 0 Å². The lowest BCUT2D eigenvalue weighted by Gasteiger charge is -2.40. The molecule has 2 atom stereocenters. The summed E-state index contributed by atoms with van der Waals surface area (Å²) in [4.78, 5) is 0. The van der Waals surface area contributed by atoms with Crippen molar-refractivity contribution in [3.05, 3.63) is 282 Å². The van der Waals surface area contributed by atoms with Crippen LogP contribution in [0.1, 0.15) is 51.2 Å². The van der Waals surface area contributed by atoms with E-state index in [0.29, 0.717) is 0 Å². The molecule has 2 N–H and O–H groups in total. The third kappa shape index (κ3) is 6.12. The van der Waals surface area contributed by atoms with E-state index in [2.05, 4.69) is 247 Å². The van der Waals surface area contributed by atoms with Crippen molar-refractivity contribution in [2.75, 3.05) is 5.32 Å². The maximum absolute atomic E-state index is 6.78. The second kappa shape index (κ2) is 16.0. The van der Waals surface area contributed by atoms with Crippen molar-refractivity contribution in [2.45, 2.75) is 17.6 Å². The summed E-state index contributed by atoms with van der Waals surface area (Å²) in [6.07, 6.45) is -0.242. The van der Waals surface area contributed by atoms with Crippen LogP contribution in [-0.2, 0) is 5.41 Å². The molecule has 11 aromatic carbocycles. The third-order valence-electron chi connectivity index (χ3n) is 16.0. The average molecular weight is 965 g/mol. The number of benzene rings is 11. The van der Waals surface area contributed by atoms with E-state index in [1.807, 2.05) is 17.4 Å². The number of nitrogens with one attached hydrogen (secondary N) is 2. The lowest BCUT2D eigenvalue weighted by molar-refractivity contribution is 0.436. The summed E-state index contributed by atoms with van der Waals surface area (Å²) in [6, 6.07) is 88.7. The van der Waals surface area contributed by atoms with Gasteiger partial charge in [0.2, 0.25) is 0 Å². The van der Waals surface area contributed by atoms with Crippen LogP contribution < -0.4 is 15.4 Å². The van der Waals surface area contributed by atoms with E-state index >= 15 is 0 Å². The Labute approximate surface area is 431 Å². The molecule has 1 spiro atoms. The van der Waals surface area contributed by atoms with E-state index in [0.717, 1.165) is 66.9 Å². The number of hydrogen-bond donors (Lipinski definition) is 2. The molecule has 0 saturated heterocycles. The molecule has 0 bridgehead atoms. The molecular weight excluding hydrogens is 921 g/mol. The Morgan fingerprint density at radius 1 is 0.392 bits per heavy atom. The summed E-state index contributed by atoms with van der Waals surface area (Å²) in [7, 11) is 0. The first kappa shape index (κ1) is 41.6. The minimum Gasteiger partial charge on any atom is -0.457 e. The maximum atomic E-state index is 6.78. The topological polar surface area (TPSA) is 46.4 Å². The molecule has 74 heavy (non-hydrogen) atoms. The van der Waals surface area contributed by atoms with Crippen molar-refractivity contribution in [2.24, 2.45) is 0 Å². The monoisotopic (exact) mass is 964 g/mol. The Bertz CT molecular complexity index is 4270. The SMILES string of the molecule is c1ccc(-c2cccc3c2-c2ccc(C4Nc5ccccc5C(c5cc(-c6ccc7c(c6)oc6ccccc67)cc(-c6ccc7c(c6)sc6ccccc67)c5)N4)cc2C32c3ccccc3Oc3ccccc32)cc1. The van der Waals surface area contributed by atoms with Crippen molar-refractivity contribution >= 4 is 59.1 Å². The van der Waals surface area contributed by atoms with Crippen LogP contribution in [0, 0.1) is 0 Å².